The van der Waals surface area contributed by atoms with Crippen LogP contribution in [0.5, 0.6) is 0 Å². The Bertz CT molecular complexity index is 1450. The first-order valence-corrected chi connectivity index (χ1v) is 13.4. The zero-order valence-corrected chi connectivity index (χ0v) is 22.2. The number of nitrogens with zero attached hydrogens (tertiary/aromatic N) is 1. The van der Waals surface area contributed by atoms with Crippen LogP contribution in [0.4, 0.5) is 11.4 Å². The molecule has 2 heterocycles. The summed E-state index contributed by atoms with van der Waals surface area (Å²) in [4.78, 5) is 31.5. The summed E-state index contributed by atoms with van der Waals surface area (Å²) >= 11 is 11.4. The minimum Gasteiger partial charge on any atom is -0.326 e. The van der Waals surface area contributed by atoms with E-state index in [1.165, 1.54) is 0 Å². The second kappa shape index (κ2) is 10.8. The molecule has 0 spiro atoms. The first-order valence-electron chi connectivity index (χ1n) is 11.3. The van der Waals surface area contributed by atoms with Gasteiger partial charge in [0.25, 0.3) is 0 Å². The molecule has 1 unspecified atom stereocenters. The molecule has 1 aliphatic heterocycles. The van der Waals surface area contributed by atoms with E-state index in [2.05, 4.69) is 26.6 Å². The molecule has 0 radical (unpaired) electrons. The number of nitrogens with one attached hydrogen (secondary N) is 2. The molecule has 0 fully saturated rings. The molecule has 0 saturated carbocycles. The number of aliphatic imine (C=N–C) groups is 1. The summed E-state index contributed by atoms with van der Waals surface area (Å²) in [5.41, 5.74) is 4.63. The number of anilines is 2. The highest BCUT2D eigenvalue weighted by molar-refractivity contribution is 9.10. The third-order valence-corrected chi connectivity index (χ3v) is 7.70. The maximum absolute atomic E-state index is 13.2. The van der Waals surface area contributed by atoms with Crippen molar-refractivity contribution in [3.8, 4) is 0 Å². The van der Waals surface area contributed by atoms with Gasteiger partial charge in [0.05, 0.1) is 17.8 Å². The number of fused-ring (bicyclic) bond motifs is 1. The maximum atomic E-state index is 13.2. The number of thiophene rings is 1. The molecule has 0 saturated heterocycles. The van der Waals surface area contributed by atoms with Gasteiger partial charge in [-0.05, 0) is 53.4 Å². The van der Waals surface area contributed by atoms with Crippen LogP contribution >= 0.6 is 38.9 Å². The Hall–Kier alpha value is -3.26. The van der Waals surface area contributed by atoms with E-state index in [1.807, 2.05) is 72.1 Å². The Kier molecular flexibility index (Phi) is 7.32. The van der Waals surface area contributed by atoms with Gasteiger partial charge in [-0.25, -0.2) is 0 Å². The van der Waals surface area contributed by atoms with Gasteiger partial charge in [-0.15, -0.1) is 11.3 Å². The highest BCUT2D eigenvalue weighted by atomic mass is 79.9. The number of rotatable bonds is 6. The van der Waals surface area contributed by atoms with Crippen molar-refractivity contribution in [3.05, 3.63) is 115 Å². The normalized spacial score (nSPS) is 14.9. The summed E-state index contributed by atoms with van der Waals surface area (Å²) < 4.78 is 0.932. The zero-order chi connectivity index (χ0) is 25.1. The Morgan fingerprint density at radius 2 is 1.86 bits per heavy atom. The lowest BCUT2D eigenvalue weighted by Crippen LogP contribution is -2.27. The Morgan fingerprint density at radius 1 is 1.06 bits per heavy atom. The molecular weight excluding hydrogens is 558 g/mol. The van der Waals surface area contributed by atoms with E-state index in [4.69, 9.17) is 16.6 Å². The molecule has 3 aromatic carbocycles. The number of benzene rings is 3. The maximum Gasteiger partial charge on any atom is 0.249 e. The van der Waals surface area contributed by atoms with E-state index in [0.717, 1.165) is 26.0 Å². The van der Waals surface area contributed by atoms with Crippen molar-refractivity contribution in [2.45, 2.75) is 18.9 Å². The highest BCUT2D eigenvalue weighted by Gasteiger charge is 2.27. The van der Waals surface area contributed by atoms with Gasteiger partial charge in [-0.1, -0.05) is 63.9 Å². The van der Waals surface area contributed by atoms with E-state index in [0.29, 0.717) is 35.0 Å². The lowest BCUT2D eigenvalue weighted by atomic mass is 10.00. The first kappa shape index (κ1) is 24.4. The van der Waals surface area contributed by atoms with Crippen molar-refractivity contribution >= 4 is 67.8 Å². The molecule has 36 heavy (non-hydrogen) atoms. The quantitative estimate of drug-likeness (QED) is 0.266. The fraction of sp³-hybridized carbons (Fsp3) is 0.107. The molecule has 1 aliphatic rings. The molecule has 1 atom stereocenters. The fourth-order valence-electron chi connectivity index (χ4n) is 4.06. The van der Waals surface area contributed by atoms with Crippen molar-refractivity contribution in [2.24, 2.45) is 4.99 Å². The minimum absolute atomic E-state index is 0.0692. The second-order valence-electron chi connectivity index (χ2n) is 8.35. The van der Waals surface area contributed by atoms with E-state index in [1.54, 1.807) is 23.5 Å². The van der Waals surface area contributed by atoms with Gasteiger partial charge >= 0.3 is 0 Å². The molecule has 4 aromatic rings. The summed E-state index contributed by atoms with van der Waals surface area (Å²) in [5.74, 6) is -0.262. The monoisotopic (exact) mass is 577 g/mol. The lowest BCUT2D eigenvalue weighted by molar-refractivity contribution is -0.117. The third kappa shape index (κ3) is 5.59. The zero-order valence-electron chi connectivity index (χ0n) is 19.0. The predicted octanol–water partition coefficient (Wildman–Crippen LogP) is 6.75. The van der Waals surface area contributed by atoms with E-state index >= 15 is 0 Å². The van der Waals surface area contributed by atoms with Crippen LogP contribution in [0.3, 0.4) is 0 Å². The molecule has 2 N–H and O–H groups in total. The number of benzodiazepines with no additional fused rings is 1. The van der Waals surface area contributed by atoms with Gasteiger partial charge in [0.1, 0.15) is 6.04 Å². The van der Waals surface area contributed by atoms with Crippen molar-refractivity contribution in [1.29, 1.82) is 0 Å². The van der Waals surface area contributed by atoms with Gasteiger partial charge < -0.3 is 10.6 Å². The number of hydrogen-bond acceptors (Lipinski definition) is 4. The van der Waals surface area contributed by atoms with Crippen LogP contribution in [0.25, 0.3) is 0 Å². The largest absolute Gasteiger partial charge is 0.326 e. The highest BCUT2D eigenvalue weighted by Crippen LogP contribution is 2.29. The van der Waals surface area contributed by atoms with Crippen LogP contribution in [0, 0.1) is 0 Å². The fourth-order valence-corrected chi connectivity index (χ4v) is 5.38. The topological polar surface area (TPSA) is 70.6 Å². The van der Waals surface area contributed by atoms with Gasteiger partial charge in [-0.3, -0.25) is 14.6 Å². The van der Waals surface area contributed by atoms with Crippen LogP contribution < -0.4 is 10.6 Å². The van der Waals surface area contributed by atoms with Gasteiger partial charge in [0, 0.05) is 37.6 Å². The molecule has 0 bridgehead atoms. The number of halogens is 2. The summed E-state index contributed by atoms with van der Waals surface area (Å²) in [7, 11) is 0. The summed E-state index contributed by atoms with van der Waals surface area (Å²) in [6.45, 7) is 0. The van der Waals surface area contributed by atoms with E-state index < -0.39 is 6.04 Å². The van der Waals surface area contributed by atoms with E-state index in [-0.39, 0.29) is 11.8 Å². The molecular formula is C28H21BrClN3O2S. The van der Waals surface area contributed by atoms with Crippen molar-refractivity contribution in [3.63, 3.8) is 0 Å². The van der Waals surface area contributed by atoms with Crippen LogP contribution in [0.15, 0.2) is 93.7 Å². The summed E-state index contributed by atoms with van der Waals surface area (Å²) in [6, 6.07) is 24.0. The number of carbonyl (C=O) groups is 2. The van der Waals surface area contributed by atoms with Gasteiger partial charge in [0.2, 0.25) is 11.8 Å². The third-order valence-electron chi connectivity index (χ3n) is 5.81. The van der Waals surface area contributed by atoms with Crippen LogP contribution in [-0.2, 0) is 22.4 Å². The molecule has 8 heteroatoms. The Balaban J connectivity index is 1.45. The van der Waals surface area contributed by atoms with Crippen LogP contribution in [-0.4, -0.2) is 23.6 Å². The second-order valence-corrected chi connectivity index (χ2v) is 10.7. The van der Waals surface area contributed by atoms with Gasteiger partial charge in [0.15, 0.2) is 0 Å². The van der Waals surface area contributed by atoms with Crippen LogP contribution in [0.1, 0.15) is 21.6 Å². The number of carbonyl (C=O) groups excluding carboxylic acids is 2. The number of hydrogen-bond donors (Lipinski definition) is 2. The average molecular weight is 579 g/mol. The molecule has 180 valence electrons. The molecule has 5 rings (SSSR count). The lowest BCUT2D eigenvalue weighted by Gasteiger charge is -2.13. The predicted molar refractivity (Wildman–Crippen MR) is 150 cm³/mol. The van der Waals surface area contributed by atoms with Crippen molar-refractivity contribution in [1.82, 2.24) is 0 Å². The SMILES string of the molecule is O=C(Cc1cccs1)Nc1ccc(C2=NC(Cc3ccccc3Br)C(=O)Nc3cc(Cl)ccc32)cc1. The molecule has 0 aliphatic carbocycles. The van der Waals surface area contributed by atoms with Crippen LogP contribution in [0.2, 0.25) is 5.02 Å². The van der Waals surface area contributed by atoms with Crippen molar-refractivity contribution in [2.75, 3.05) is 10.6 Å². The average Bonchev–Trinajstić information content (AvgIpc) is 3.32. The molecule has 2 amide bonds. The summed E-state index contributed by atoms with van der Waals surface area (Å²) in [5, 5.41) is 8.43. The standard InChI is InChI=1S/C28H21BrClN3O2S/c29-23-6-2-1-4-18(23)14-25-28(35)33-24-15-19(30)9-12-22(24)27(32-25)17-7-10-20(11-8-17)31-26(34)16-21-5-3-13-36-21/h1-13,15,25H,14,16H2,(H,31,34)(H,33,35). The smallest absolute Gasteiger partial charge is 0.249 e. The van der Waals surface area contributed by atoms with Crippen molar-refractivity contribution < 1.29 is 9.59 Å². The molecule has 5 nitrogen and oxygen atoms in total. The molecule has 1 aromatic heterocycles. The van der Waals surface area contributed by atoms with Gasteiger partial charge in [-0.2, -0.15) is 0 Å². The van der Waals surface area contributed by atoms with E-state index in [9.17, 15) is 9.59 Å². The first-order chi connectivity index (χ1) is 17.5. The Labute approximate surface area is 226 Å². The summed E-state index contributed by atoms with van der Waals surface area (Å²) in [6.07, 6.45) is 0.778. The Morgan fingerprint density at radius 3 is 2.61 bits per heavy atom. The number of amides is 2. The minimum atomic E-state index is -0.630.